The Hall–Kier alpha value is -1.65. The van der Waals surface area contributed by atoms with Gasteiger partial charge in [0.05, 0.1) is 5.69 Å². The SMILES string of the molecule is Cc1cc(Br)cc(-n2c(-c3ccccc3)c[nH]c2=S)c1. The van der Waals surface area contributed by atoms with Crippen LogP contribution in [0, 0.1) is 11.7 Å². The minimum atomic E-state index is 0.696. The second-order valence-corrected chi connectivity index (χ2v) is 5.97. The Bertz CT molecular complexity index is 783. The van der Waals surface area contributed by atoms with Crippen molar-refractivity contribution in [2.45, 2.75) is 6.92 Å². The van der Waals surface area contributed by atoms with Crippen LogP contribution < -0.4 is 0 Å². The summed E-state index contributed by atoms with van der Waals surface area (Å²) in [6.45, 7) is 2.08. The third-order valence-electron chi connectivity index (χ3n) is 3.13. The molecule has 3 rings (SSSR count). The van der Waals surface area contributed by atoms with Crippen molar-refractivity contribution < 1.29 is 0 Å². The third-order valence-corrected chi connectivity index (χ3v) is 3.89. The van der Waals surface area contributed by atoms with Gasteiger partial charge in [-0.3, -0.25) is 4.57 Å². The molecule has 1 N–H and O–H groups in total. The van der Waals surface area contributed by atoms with Gasteiger partial charge in [0.25, 0.3) is 0 Å². The lowest BCUT2D eigenvalue weighted by Gasteiger charge is -2.10. The molecule has 2 aromatic carbocycles. The summed E-state index contributed by atoms with van der Waals surface area (Å²) in [6.07, 6.45) is 1.95. The Balaban J connectivity index is 2.24. The number of nitrogens with zero attached hydrogens (tertiary/aromatic N) is 1. The van der Waals surface area contributed by atoms with E-state index in [1.165, 1.54) is 5.56 Å². The summed E-state index contributed by atoms with van der Waals surface area (Å²) in [5.41, 5.74) is 4.45. The molecule has 4 heteroatoms. The Labute approximate surface area is 131 Å². The van der Waals surface area contributed by atoms with Gasteiger partial charge in [-0.05, 0) is 42.9 Å². The number of aromatic nitrogens is 2. The summed E-state index contributed by atoms with van der Waals surface area (Å²) in [7, 11) is 0. The molecule has 1 aromatic heterocycles. The molecule has 0 spiro atoms. The van der Waals surface area contributed by atoms with Crippen molar-refractivity contribution in [3.8, 4) is 16.9 Å². The van der Waals surface area contributed by atoms with Crippen molar-refractivity contribution in [1.82, 2.24) is 9.55 Å². The minimum absolute atomic E-state index is 0.696. The molecule has 1 heterocycles. The largest absolute Gasteiger partial charge is 0.336 e. The molecule has 0 aliphatic rings. The summed E-state index contributed by atoms with van der Waals surface area (Å²) >= 11 is 8.98. The van der Waals surface area contributed by atoms with Crippen LogP contribution in [-0.4, -0.2) is 9.55 Å². The van der Waals surface area contributed by atoms with E-state index in [1.54, 1.807) is 0 Å². The zero-order valence-corrected chi connectivity index (χ0v) is 13.3. The van der Waals surface area contributed by atoms with E-state index in [1.807, 2.05) is 24.4 Å². The summed E-state index contributed by atoms with van der Waals surface area (Å²) in [4.78, 5) is 3.14. The molecule has 100 valence electrons. The first-order valence-corrected chi connectivity index (χ1v) is 7.49. The molecule has 0 radical (unpaired) electrons. The maximum Gasteiger partial charge on any atom is 0.182 e. The molecule has 0 aliphatic carbocycles. The number of benzene rings is 2. The minimum Gasteiger partial charge on any atom is -0.336 e. The van der Waals surface area contributed by atoms with Crippen LogP contribution in [0.1, 0.15) is 5.56 Å². The van der Waals surface area contributed by atoms with Gasteiger partial charge in [-0.25, -0.2) is 0 Å². The molecule has 0 saturated heterocycles. The first-order chi connectivity index (χ1) is 9.65. The van der Waals surface area contributed by atoms with E-state index in [0.29, 0.717) is 4.77 Å². The second kappa shape index (κ2) is 5.38. The van der Waals surface area contributed by atoms with Crippen molar-refractivity contribution in [1.29, 1.82) is 0 Å². The van der Waals surface area contributed by atoms with Gasteiger partial charge in [0.2, 0.25) is 0 Å². The molecule has 0 amide bonds. The summed E-state index contributed by atoms with van der Waals surface area (Å²) in [6, 6.07) is 16.5. The lowest BCUT2D eigenvalue weighted by Crippen LogP contribution is -1.97. The lowest BCUT2D eigenvalue weighted by atomic mass is 10.1. The van der Waals surface area contributed by atoms with Crippen LogP contribution in [0.5, 0.6) is 0 Å². The number of hydrogen-bond donors (Lipinski definition) is 1. The van der Waals surface area contributed by atoms with Crippen LogP contribution in [0.15, 0.2) is 59.2 Å². The number of aryl methyl sites for hydroxylation is 1. The third kappa shape index (κ3) is 2.49. The highest BCUT2D eigenvalue weighted by Gasteiger charge is 2.09. The van der Waals surface area contributed by atoms with E-state index in [2.05, 4.69) is 62.7 Å². The first-order valence-electron chi connectivity index (χ1n) is 6.28. The quantitative estimate of drug-likeness (QED) is 0.627. The standard InChI is InChI=1S/C16H13BrN2S/c1-11-7-13(17)9-14(8-11)19-15(10-18-16(19)20)12-5-3-2-4-6-12/h2-10H,1H3,(H,18,20). The smallest absolute Gasteiger partial charge is 0.182 e. The lowest BCUT2D eigenvalue weighted by molar-refractivity contribution is 1.03. The molecule has 0 atom stereocenters. The van der Waals surface area contributed by atoms with Gasteiger partial charge >= 0.3 is 0 Å². The van der Waals surface area contributed by atoms with E-state index in [-0.39, 0.29) is 0 Å². The number of nitrogens with one attached hydrogen (secondary N) is 1. The Morgan fingerprint density at radius 2 is 1.85 bits per heavy atom. The predicted molar refractivity (Wildman–Crippen MR) is 88.8 cm³/mol. The van der Waals surface area contributed by atoms with Crippen molar-refractivity contribution in [3.05, 3.63) is 69.5 Å². The van der Waals surface area contributed by atoms with Crippen LogP contribution >= 0.6 is 28.1 Å². The molecule has 20 heavy (non-hydrogen) atoms. The highest BCUT2D eigenvalue weighted by molar-refractivity contribution is 9.10. The molecule has 0 bridgehead atoms. The average Bonchev–Trinajstić information content (AvgIpc) is 2.80. The van der Waals surface area contributed by atoms with Gasteiger partial charge in [0, 0.05) is 21.9 Å². The van der Waals surface area contributed by atoms with Crippen molar-refractivity contribution in [3.63, 3.8) is 0 Å². The molecule has 2 nitrogen and oxygen atoms in total. The van der Waals surface area contributed by atoms with E-state index in [4.69, 9.17) is 12.2 Å². The van der Waals surface area contributed by atoms with Crippen LogP contribution in [0.2, 0.25) is 0 Å². The molecular formula is C16H13BrN2S. The zero-order chi connectivity index (χ0) is 14.1. The average molecular weight is 345 g/mol. The van der Waals surface area contributed by atoms with Crippen molar-refractivity contribution in [2.75, 3.05) is 0 Å². The molecule has 0 aliphatic heterocycles. The van der Waals surface area contributed by atoms with E-state index < -0.39 is 0 Å². The summed E-state index contributed by atoms with van der Waals surface area (Å²) < 4.78 is 3.80. The molecule has 3 aromatic rings. The summed E-state index contributed by atoms with van der Waals surface area (Å²) in [5, 5.41) is 0. The normalized spacial score (nSPS) is 10.7. The maximum atomic E-state index is 5.43. The van der Waals surface area contributed by atoms with Gasteiger partial charge in [-0.15, -0.1) is 0 Å². The number of rotatable bonds is 2. The number of aromatic amines is 1. The number of H-pyrrole nitrogens is 1. The van der Waals surface area contributed by atoms with Gasteiger partial charge in [-0.2, -0.15) is 0 Å². The van der Waals surface area contributed by atoms with E-state index in [0.717, 1.165) is 21.4 Å². The molecular weight excluding hydrogens is 332 g/mol. The fraction of sp³-hybridized carbons (Fsp3) is 0.0625. The highest BCUT2D eigenvalue weighted by atomic mass is 79.9. The van der Waals surface area contributed by atoms with Crippen molar-refractivity contribution in [2.24, 2.45) is 0 Å². The van der Waals surface area contributed by atoms with Crippen LogP contribution in [0.3, 0.4) is 0 Å². The second-order valence-electron chi connectivity index (χ2n) is 4.67. The fourth-order valence-electron chi connectivity index (χ4n) is 2.29. The highest BCUT2D eigenvalue weighted by Crippen LogP contribution is 2.26. The van der Waals surface area contributed by atoms with Crippen LogP contribution in [0.4, 0.5) is 0 Å². The molecule has 0 saturated carbocycles. The maximum absolute atomic E-state index is 5.43. The van der Waals surface area contributed by atoms with Crippen LogP contribution in [-0.2, 0) is 0 Å². The number of halogens is 1. The topological polar surface area (TPSA) is 20.7 Å². The summed E-state index contributed by atoms with van der Waals surface area (Å²) in [5.74, 6) is 0. The van der Waals surface area contributed by atoms with E-state index in [9.17, 15) is 0 Å². The van der Waals surface area contributed by atoms with Gasteiger partial charge in [0.1, 0.15) is 0 Å². The van der Waals surface area contributed by atoms with Crippen molar-refractivity contribution >= 4 is 28.1 Å². The van der Waals surface area contributed by atoms with Gasteiger partial charge < -0.3 is 4.98 Å². The zero-order valence-electron chi connectivity index (χ0n) is 10.9. The number of hydrogen-bond acceptors (Lipinski definition) is 1. The molecule has 0 fully saturated rings. The van der Waals surface area contributed by atoms with Gasteiger partial charge in [-0.1, -0.05) is 46.3 Å². The van der Waals surface area contributed by atoms with Crippen LogP contribution in [0.25, 0.3) is 16.9 Å². The first kappa shape index (κ1) is 13.3. The molecule has 0 unspecified atom stereocenters. The van der Waals surface area contributed by atoms with E-state index >= 15 is 0 Å². The van der Waals surface area contributed by atoms with Gasteiger partial charge in [0.15, 0.2) is 4.77 Å². The monoisotopic (exact) mass is 344 g/mol. The Morgan fingerprint density at radius 1 is 1.10 bits per heavy atom. The number of imidazole rings is 1. The fourth-order valence-corrected chi connectivity index (χ4v) is 3.15. The predicted octanol–water partition coefficient (Wildman–Crippen LogP) is 5.27. The Kier molecular flexibility index (Phi) is 3.59. The Morgan fingerprint density at radius 3 is 2.55 bits per heavy atom.